The number of carbonyl (C=O) groups excluding carboxylic acids is 2. The summed E-state index contributed by atoms with van der Waals surface area (Å²) >= 11 is 0. The molecule has 0 fully saturated rings. The summed E-state index contributed by atoms with van der Waals surface area (Å²) in [6.07, 6.45) is 13.1. The average Bonchev–Trinajstić information content (AvgIpc) is 3.47. The van der Waals surface area contributed by atoms with Gasteiger partial charge in [0.25, 0.3) is 0 Å². The molecule has 0 radical (unpaired) electrons. The fraction of sp³-hybridized carbons (Fsp3) is 0.567. The van der Waals surface area contributed by atoms with Gasteiger partial charge in [-0.25, -0.2) is 9.59 Å². The zero-order valence-electron chi connectivity index (χ0n) is 49.6. The maximum absolute atomic E-state index is 12.9. The lowest BCUT2D eigenvalue weighted by atomic mass is 9.79. The average molecular weight is 1180 g/mol. The molecule has 0 aliphatic rings. The van der Waals surface area contributed by atoms with Crippen LogP contribution in [0, 0.1) is 0 Å². The smallest absolute Gasteiger partial charge is 0.445 e. The van der Waals surface area contributed by atoms with Crippen molar-refractivity contribution in [1.82, 2.24) is 0 Å². The second-order valence-corrected chi connectivity index (χ2v) is 20.9. The molecule has 4 rings (SSSR count). The number of hydrogen-bond acceptors (Lipinski definition) is 2. The summed E-state index contributed by atoms with van der Waals surface area (Å²) in [5, 5.41) is 8.41. The Bertz CT molecular complexity index is 2110. The number of unbranched alkanes of at least 4 members (excludes halogenated alkanes) is 8. The Morgan fingerprint density at radius 2 is 0.573 bits per heavy atom. The largest absolute Gasteiger partial charge is 0.511 e. The van der Waals surface area contributed by atoms with Gasteiger partial charge in [-0.2, -0.15) is 26.3 Å². The Morgan fingerprint density at radius 3 is 0.768 bits per heavy atom. The van der Waals surface area contributed by atoms with Gasteiger partial charge in [0.1, 0.15) is 0 Å². The van der Waals surface area contributed by atoms with E-state index in [1.807, 2.05) is 10.6 Å². The second kappa shape index (κ2) is 38.5. The Labute approximate surface area is 481 Å². The van der Waals surface area contributed by atoms with Crippen LogP contribution in [0.2, 0.25) is 0 Å². The third-order valence-corrected chi connectivity index (χ3v) is 14.0. The minimum absolute atomic E-state index is 0.00972. The minimum Gasteiger partial charge on any atom is -0.445 e. The maximum atomic E-state index is 12.9. The Balaban J connectivity index is 0.000000555. The van der Waals surface area contributed by atoms with Crippen LogP contribution in [0.3, 0.4) is 0 Å². The number of para-hydroxylation sites is 2. The molecule has 0 saturated heterocycles. The molecule has 0 bridgehead atoms. The Morgan fingerprint density at radius 1 is 0.354 bits per heavy atom. The lowest BCUT2D eigenvalue weighted by Gasteiger charge is -2.39. The van der Waals surface area contributed by atoms with E-state index >= 15 is 0 Å². The summed E-state index contributed by atoms with van der Waals surface area (Å²) in [6, 6.07) is 13.8. The summed E-state index contributed by atoms with van der Waals surface area (Å²) in [4.78, 5) is 23.5. The van der Waals surface area contributed by atoms with Crippen molar-refractivity contribution in [3.05, 3.63) is 108 Å². The molecule has 22 heteroatoms. The molecular formula is C60H92B2F12N6O2. The van der Waals surface area contributed by atoms with Crippen LogP contribution in [0.5, 0.6) is 0 Å². The van der Waals surface area contributed by atoms with Gasteiger partial charge >= 0.3 is 38.4 Å². The first-order chi connectivity index (χ1) is 38.6. The number of rotatable bonds is 30. The van der Waals surface area contributed by atoms with Crippen LogP contribution in [-0.4, -0.2) is 87.3 Å². The van der Waals surface area contributed by atoms with E-state index in [0.29, 0.717) is 0 Å². The van der Waals surface area contributed by atoms with E-state index in [-0.39, 0.29) is 11.4 Å². The van der Waals surface area contributed by atoms with Gasteiger partial charge in [0.2, 0.25) is 0 Å². The molecule has 0 atom stereocenters. The van der Waals surface area contributed by atoms with Crippen LogP contribution in [0.1, 0.15) is 169 Å². The molecular weight excluding hydrogens is 1090 g/mol. The zero-order chi connectivity index (χ0) is 61.9. The van der Waals surface area contributed by atoms with Crippen molar-refractivity contribution >= 4 is 59.7 Å². The van der Waals surface area contributed by atoms with Crippen molar-refractivity contribution in [3.63, 3.8) is 0 Å². The van der Waals surface area contributed by atoms with E-state index in [1.54, 1.807) is 0 Å². The molecule has 4 amide bonds. The van der Waals surface area contributed by atoms with E-state index in [0.717, 1.165) is 72.8 Å². The van der Waals surface area contributed by atoms with Gasteiger partial charge in [0.15, 0.2) is 0 Å². The van der Waals surface area contributed by atoms with Crippen LogP contribution >= 0.6 is 0 Å². The number of quaternary nitrogens is 2. The number of hydrogen-bond donors (Lipinski definition) is 4. The standard InChI is InChI=1S/2C16H36N.2C14H10BF6N2O/c2*1-5-9-13-17(14-10-6-2,15-11-7-3)16-12-8-4;2*16-14(17,18)9-5-7-10(8-6-9)22-13(24)23-12-4-2-1-3-11(12)15(19,20)21/h2*5-16H2,1-4H3;2*1-8H,(H2,22,23,24)/q2*+1;2*-1. The van der Waals surface area contributed by atoms with E-state index in [4.69, 9.17) is 0 Å². The summed E-state index contributed by atoms with van der Waals surface area (Å²) in [5.74, 6) is 0. The normalized spacial score (nSPS) is 12.0. The highest BCUT2D eigenvalue weighted by molar-refractivity contribution is 6.75. The van der Waals surface area contributed by atoms with Crippen molar-refractivity contribution in [1.29, 1.82) is 0 Å². The van der Waals surface area contributed by atoms with E-state index < -0.39 is 71.8 Å². The van der Waals surface area contributed by atoms with Gasteiger partial charge in [0, 0.05) is 22.7 Å². The first kappa shape index (κ1) is 74.6. The highest BCUT2D eigenvalue weighted by Gasteiger charge is 2.33. The van der Waals surface area contributed by atoms with Gasteiger partial charge in [-0.15, -0.1) is 0 Å². The first-order valence-corrected chi connectivity index (χ1v) is 29.4. The highest BCUT2D eigenvalue weighted by Crippen LogP contribution is 2.31. The first-order valence-electron chi connectivity index (χ1n) is 29.4. The van der Waals surface area contributed by atoms with Crippen LogP contribution in [0.25, 0.3) is 0 Å². The zero-order valence-corrected chi connectivity index (χ0v) is 49.6. The van der Waals surface area contributed by atoms with Gasteiger partial charge < -0.3 is 56.1 Å². The minimum atomic E-state index is -5.32. The number of anilines is 4. The monoisotopic (exact) mass is 1180 g/mol. The molecule has 0 saturated carbocycles. The highest BCUT2D eigenvalue weighted by atomic mass is 19.4. The van der Waals surface area contributed by atoms with Crippen LogP contribution in [-0.2, 0) is 12.4 Å². The topological polar surface area (TPSA) is 82.3 Å². The quantitative estimate of drug-likeness (QED) is 0.0238. The van der Waals surface area contributed by atoms with Gasteiger partial charge in [-0.05, 0) is 112 Å². The number of alkyl halides is 6. The number of nitrogens with one attached hydrogen (secondary N) is 4. The predicted molar refractivity (Wildman–Crippen MR) is 317 cm³/mol. The summed E-state index contributed by atoms with van der Waals surface area (Å²) in [7, 11) is 0. The molecule has 464 valence electrons. The molecule has 0 aliphatic heterocycles. The third-order valence-electron chi connectivity index (χ3n) is 14.0. The maximum Gasteiger partial charge on any atom is 0.511 e. The van der Waals surface area contributed by atoms with Crippen LogP contribution in [0.15, 0.2) is 97.1 Å². The molecule has 4 aromatic rings. The number of benzene rings is 4. The van der Waals surface area contributed by atoms with E-state index in [2.05, 4.69) is 66.0 Å². The lowest BCUT2D eigenvalue weighted by Crippen LogP contribution is -2.50. The number of nitrogens with zero attached hydrogens (tertiary/aromatic N) is 2. The van der Waals surface area contributed by atoms with Crippen molar-refractivity contribution in [2.45, 2.75) is 170 Å². The van der Waals surface area contributed by atoms with Gasteiger partial charge in [0.05, 0.1) is 63.5 Å². The predicted octanol–water partition coefficient (Wildman–Crippen LogP) is 18.8. The number of amides is 4. The van der Waals surface area contributed by atoms with Crippen molar-refractivity contribution in [3.8, 4) is 0 Å². The second-order valence-electron chi connectivity index (χ2n) is 20.9. The molecule has 0 spiro atoms. The van der Waals surface area contributed by atoms with Crippen molar-refractivity contribution in [2.24, 2.45) is 0 Å². The Kier molecular flexibility index (Phi) is 35.0. The Hall–Kier alpha value is -5.37. The van der Waals surface area contributed by atoms with Crippen molar-refractivity contribution < 1.29 is 70.8 Å². The van der Waals surface area contributed by atoms with Gasteiger partial charge in [-0.3, -0.25) is 0 Å². The lowest BCUT2D eigenvalue weighted by molar-refractivity contribution is -0.929. The molecule has 82 heavy (non-hydrogen) atoms. The van der Waals surface area contributed by atoms with Crippen LogP contribution < -0.4 is 32.2 Å². The number of halogens is 12. The molecule has 0 heterocycles. The summed E-state index contributed by atoms with van der Waals surface area (Å²) in [6.45, 7) is 19.4. The third kappa shape index (κ3) is 29.7. The number of urea groups is 2. The summed E-state index contributed by atoms with van der Waals surface area (Å²) in [5.41, 5.74) is -4.60. The molecule has 8 nitrogen and oxygen atoms in total. The fourth-order valence-electron chi connectivity index (χ4n) is 9.14. The van der Waals surface area contributed by atoms with E-state index in [1.165, 1.54) is 188 Å². The van der Waals surface area contributed by atoms with E-state index in [9.17, 15) is 61.8 Å². The van der Waals surface area contributed by atoms with Gasteiger partial charge in [-0.1, -0.05) is 154 Å². The van der Waals surface area contributed by atoms with Crippen LogP contribution in [0.4, 0.5) is 84.6 Å². The fourth-order valence-corrected chi connectivity index (χ4v) is 9.14. The SMILES string of the molecule is CCCC[N+](CCCC)(CCCC)CCCC.CCCC[N+](CCCC)(CCCC)CCCC.O=C(Nc1ccc(C(F)(F)F)cc1)Nc1ccccc1[B-](F)(F)F.O=C(Nc1ccc(C(F)(F)F)cc1)Nc1ccccc1[B-](F)(F)F. The van der Waals surface area contributed by atoms with Crippen molar-refractivity contribution in [2.75, 3.05) is 73.6 Å². The molecule has 0 aromatic heterocycles. The molecule has 4 N–H and O–H groups in total. The number of carbonyl (C=O) groups is 2. The molecule has 0 aliphatic carbocycles. The molecule has 4 aromatic carbocycles. The summed E-state index contributed by atoms with van der Waals surface area (Å²) < 4.78 is 155. The molecule has 0 unspecified atom stereocenters.